The maximum atomic E-state index is 10.7. The van der Waals surface area contributed by atoms with Crippen molar-refractivity contribution in [3.05, 3.63) is 16.3 Å². The van der Waals surface area contributed by atoms with Crippen LogP contribution in [0.1, 0.15) is 33.0 Å². The lowest BCUT2D eigenvalue weighted by molar-refractivity contribution is 0.336. The number of rotatable bonds is 3. The van der Waals surface area contributed by atoms with Gasteiger partial charge in [0.05, 0.1) is 0 Å². The van der Waals surface area contributed by atoms with E-state index in [2.05, 4.69) is 36.0 Å². The highest BCUT2D eigenvalue weighted by atomic mass is 16.1. The molecule has 0 aliphatic carbocycles. The standard InChI is InChI=1S/C9H18N4O/c1-9(2,3)5-6(10)4-7-11-8(14)13-12-7/h6H,4-5,10H2,1-3H3,(H2,11,12,13,14). The first-order chi connectivity index (χ1) is 6.37. The minimum absolute atomic E-state index is 0.0361. The van der Waals surface area contributed by atoms with Gasteiger partial charge in [-0.25, -0.2) is 9.89 Å². The Balaban J connectivity index is 2.49. The van der Waals surface area contributed by atoms with Crippen molar-refractivity contribution in [1.29, 1.82) is 0 Å². The van der Waals surface area contributed by atoms with E-state index in [1.165, 1.54) is 0 Å². The van der Waals surface area contributed by atoms with Crippen molar-refractivity contribution in [1.82, 2.24) is 15.2 Å². The Hall–Kier alpha value is -1.10. The van der Waals surface area contributed by atoms with Gasteiger partial charge in [0.25, 0.3) is 0 Å². The van der Waals surface area contributed by atoms with Gasteiger partial charge in [0.15, 0.2) is 0 Å². The lowest BCUT2D eigenvalue weighted by Crippen LogP contribution is -2.29. The smallest absolute Gasteiger partial charge is 0.327 e. The quantitative estimate of drug-likeness (QED) is 0.657. The highest BCUT2D eigenvalue weighted by molar-refractivity contribution is 4.87. The SMILES string of the molecule is CC(C)(C)CC(N)Cc1n[nH]c(=O)[nH]1. The van der Waals surface area contributed by atoms with Crippen molar-refractivity contribution in [2.24, 2.45) is 11.1 Å². The Labute approximate surface area is 83.1 Å². The van der Waals surface area contributed by atoms with Crippen molar-refractivity contribution in [2.75, 3.05) is 0 Å². The molecular formula is C9H18N4O. The van der Waals surface area contributed by atoms with E-state index >= 15 is 0 Å². The van der Waals surface area contributed by atoms with Crippen LogP contribution in [-0.2, 0) is 6.42 Å². The van der Waals surface area contributed by atoms with Crippen LogP contribution in [0.5, 0.6) is 0 Å². The van der Waals surface area contributed by atoms with Crippen LogP contribution in [0, 0.1) is 5.41 Å². The number of nitrogens with one attached hydrogen (secondary N) is 2. The number of hydrogen-bond donors (Lipinski definition) is 3. The third kappa shape index (κ3) is 3.74. The molecule has 1 aromatic rings. The van der Waals surface area contributed by atoms with Gasteiger partial charge in [0.1, 0.15) is 5.82 Å². The molecule has 5 heteroatoms. The summed E-state index contributed by atoms with van der Waals surface area (Å²) in [6.45, 7) is 6.42. The lowest BCUT2D eigenvalue weighted by atomic mass is 9.87. The van der Waals surface area contributed by atoms with Gasteiger partial charge in [0, 0.05) is 12.5 Å². The van der Waals surface area contributed by atoms with E-state index in [4.69, 9.17) is 5.73 Å². The number of nitrogens with two attached hydrogens (primary N) is 1. The molecule has 1 aromatic heterocycles. The second-order valence-electron chi connectivity index (χ2n) is 4.85. The molecule has 1 rings (SSSR count). The molecule has 0 spiro atoms. The summed E-state index contributed by atoms with van der Waals surface area (Å²) >= 11 is 0. The Morgan fingerprint density at radius 1 is 1.50 bits per heavy atom. The van der Waals surface area contributed by atoms with Gasteiger partial charge >= 0.3 is 5.69 Å². The molecule has 5 nitrogen and oxygen atoms in total. The second kappa shape index (κ2) is 3.96. The summed E-state index contributed by atoms with van der Waals surface area (Å²) in [5.74, 6) is 0.631. The molecule has 0 bridgehead atoms. The fraction of sp³-hybridized carbons (Fsp3) is 0.778. The van der Waals surface area contributed by atoms with Crippen molar-refractivity contribution < 1.29 is 0 Å². The summed E-state index contributed by atoms with van der Waals surface area (Å²) in [6, 6.07) is 0.0361. The molecule has 0 fully saturated rings. The number of H-pyrrole nitrogens is 2. The summed E-state index contributed by atoms with van der Waals surface area (Å²) in [7, 11) is 0. The summed E-state index contributed by atoms with van der Waals surface area (Å²) < 4.78 is 0. The molecular weight excluding hydrogens is 180 g/mol. The first-order valence-electron chi connectivity index (χ1n) is 4.76. The highest BCUT2D eigenvalue weighted by Gasteiger charge is 2.16. The van der Waals surface area contributed by atoms with Crippen molar-refractivity contribution >= 4 is 0 Å². The van der Waals surface area contributed by atoms with Gasteiger partial charge < -0.3 is 5.73 Å². The summed E-state index contributed by atoms with van der Waals surface area (Å²) in [6.07, 6.45) is 1.51. The van der Waals surface area contributed by atoms with Gasteiger partial charge in [0.2, 0.25) is 0 Å². The molecule has 0 radical (unpaired) electrons. The zero-order valence-corrected chi connectivity index (χ0v) is 8.92. The molecule has 0 saturated carbocycles. The van der Waals surface area contributed by atoms with E-state index in [1.54, 1.807) is 0 Å². The van der Waals surface area contributed by atoms with Crippen LogP contribution in [-0.4, -0.2) is 21.2 Å². The summed E-state index contributed by atoms with van der Waals surface area (Å²) in [4.78, 5) is 13.3. The maximum Gasteiger partial charge on any atom is 0.340 e. The third-order valence-corrected chi connectivity index (χ3v) is 1.88. The molecule has 4 N–H and O–H groups in total. The highest BCUT2D eigenvalue weighted by Crippen LogP contribution is 2.20. The van der Waals surface area contributed by atoms with Crippen molar-refractivity contribution in [3.8, 4) is 0 Å². The van der Waals surface area contributed by atoms with Gasteiger partial charge in [-0.3, -0.25) is 4.98 Å². The lowest BCUT2D eigenvalue weighted by Gasteiger charge is -2.22. The van der Waals surface area contributed by atoms with Crippen LogP contribution in [0.3, 0.4) is 0 Å². The Kier molecular flexibility index (Phi) is 3.10. The fourth-order valence-corrected chi connectivity index (χ4v) is 1.51. The van der Waals surface area contributed by atoms with Crippen LogP contribution >= 0.6 is 0 Å². The average Bonchev–Trinajstić information content (AvgIpc) is 2.30. The first-order valence-corrected chi connectivity index (χ1v) is 4.76. The van der Waals surface area contributed by atoms with E-state index in [9.17, 15) is 4.79 Å². The first kappa shape index (κ1) is 11.0. The molecule has 1 unspecified atom stereocenters. The van der Waals surface area contributed by atoms with E-state index in [-0.39, 0.29) is 17.1 Å². The topological polar surface area (TPSA) is 87.6 Å². The summed E-state index contributed by atoms with van der Waals surface area (Å²) in [5.41, 5.74) is 5.85. The molecule has 0 aromatic carbocycles. The Morgan fingerprint density at radius 3 is 2.57 bits per heavy atom. The van der Waals surface area contributed by atoms with Crippen LogP contribution in [0.25, 0.3) is 0 Å². The van der Waals surface area contributed by atoms with Gasteiger partial charge in [-0.05, 0) is 11.8 Å². The van der Waals surface area contributed by atoms with E-state index in [0.717, 1.165) is 6.42 Å². The molecule has 0 saturated heterocycles. The zero-order chi connectivity index (χ0) is 10.8. The number of aromatic nitrogens is 3. The van der Waals surface area contributed by atoms with Crippen molar-refractivity contribution in [3.63, 3.8) is 0 Å². The van der Waals surface area contributed by atoms with Gasteiger partial charge in [-0.15, -0.1) is 0 Å². The van der Waals surface area contributed by atoms with Crippen LogP contribution < -0.4 is 11.4 Å². The fourth-order valence-electron chi connectivity index (χ4n) is 1.51. The number of hydrogen-bond acceptors (Lipinski definition) is 3. The molecule has 0 aliphatic rings. The minimum Gasteiger partial charge on any atom is -0.327 e. The Bertz CT molecular complexity index is 333. The average molecular weight is 198 g/mol. The molecule has 14 heavy (non-hydrogen) atoms. The van der Waals surface area contributed by atoms with E-state index in [1.807, 2.05) is 0 Å². The van der Waals surface area contributed by atoms with Crippen molar-refractivity contribution in [2.45, 2.75) is 39.7 Å². The van der Waals surface area contributed by atoms with E-state index < -0.39 is 0 Å². The van der Waals surface area contributed by atoms with Gasteiger partial charge in [-0.1, -0.05) is 20.8 Å². The molecule has 80 valence electrons. The molecule has 1 atom stereocenters. The van der Waals surface area contributed by atoms with Crippen LogP contribution in [0.4, 0.5) is 0 Å². The van der Waals surface area contributed by atoms with Crippen LogP contribution in [0.2, 0.25) is 0 Å². The largest absolute Gasteiger partial charge is 0.340 e. The molecule has 0 aliphatic heterocycles. The molecule has 0 amide bonds. The summed E-state index contributed by atoms with van der Waals surface area (Å²) in [5, 5.41) is 6.13. The zero-order valence-electron chi connectivity index (χ0n) is 8.92. The molecule has 1 heterocycles. The maximum absolute atomic E-state index is 10.7. The third-order valence-electron chi connectivity index (χ3n) is 1.88. The Morgan fingerprint density at radius 2 is 2.14 bits per heavy atom. The normalized spacial score (nSPS) is 14.3. The van der Waals surface area contributed by atoms with Crippen LogP contribution in [0.15, 0.2) is 4.79 Å². The number of aromatic amines is 2. The minimum atomic E-state index is -0.275. The number of nitrogens with zero attached hydrogens (tertiary/aromatic N) is 1. The van der Waals surface area contributed by atoms with E-state index in [0.29, 0.717) is 12.2 Å². The monoisotopic (exact) mass is 198 g/mol. The predicted molar refractivity (Wildman–Crippen MR) is 55.0 cm³/mol. The van der Waals surface area contributed by atoms with Gasteiger partial charge in [-0.2, -0.15) is 5.10 Å². The second-order valence-corrected chi connectivity index (χ2v) is 4.85. The predicted octanol–water partition coefficient (Wildman–Crippen LogP) is 0.404.